The van der Waals surface area contributed by atoms with E-state index in [-0.39, 0.29) is 115 Å². The number of nitrogens with two attached hydrogens (primary N) is 4. The Bertz CT molecular complexity index is 4680. The van der Waals surface area contributed by atoms with Crippen molar-refractivity contribution in [1.82, 2.24) is 30.2 Å². The third kappa shape index (κ3) is 31.8. The first-order valence-electron chi connectivity index (χ1n) is 38.7. The van der Waals surface area contributed by atoms with Crippen LogP contribution in [0.4, 0.5) is 39.5 Å². The zero-order valence-corrected chi connectivity index (χ0v) is 68.7. The molecule has 7 amide bonds. The normalized spacial score (nSPS) is 13.1. The molecule has 7 atom stereocenters. The number of carbonyl (C=O) groups excluding carboxylic acids is 7. The van der Waals surface area contributed by atoms with Gasteiger partial charge < -0.3 is 68.5 Å². The van der Waals surface area contributed by atoms with Crippen molar-refractivity contribution in [2.75, 3.05) is 45.8 Å². The number of rotatable bonds is 37. The number of aliphatic hydroxyl groups excluding tert-OH is 3. The van der Waals surface area contributed by atoms with Gasteiger partial charge in [0.2, 0.25) is 17.7 Å². The molecule has 0 heterocycles. The van der Waals surface area contributed by atoms with E-state index in [0.29, 0.717) is 29.2 Å². The molecule has 8 aromatic carbocycles. The third-order valence-corrected chi connectivity index (χ3v) is 19.8. The molecule has 13 N–H and O–H groups in total. The molecule has 642 valence electrons. The Hall–Kier alpha value is -10.2. The number of hydrogen-bond acceptors (Lipinski definition) is 13. The van der Waals surface area contributed by atoms with Crippen LogP contribution in [-0.4, -0.2) is 165 Å². The van der Waals surface area contributed by atoms with Gasteiger partial charge in [-0.15, -0.1) is 0 Å². The molecule has 0 aliphatic carbocycles. The van der Waals surface area contributed by atoms with Crippen LogP contribution in [0.5, 0.6) is 0 Å². The molecular weight excluding hydrogens is 1600 g/mol. The summed E-state index contributed by atoms with van der Waals surface area (Å²) in [6.07, 6.45) is -5.17. The van der Waals surface area contributed by atoms with E-state index in [1.807, 2.05) is 84.0 Å². The molecule has 0 bridgehead atoms. The van der Waals surface area contributed by atoms with E-state index in [1.165, 1.54) is 39.0 Å². The van der Waals surface area contributed by atoms with Gasteiger partial charge in [-0.2, -0.15) is 13.2 Å². The number of aryl methyl sites for hydroxylation is 3. The summed E-state index contributed by atoms with van der Waals surface area (Å²) < 4.78 is 120. The topological polar surface area (TPSA) is 321 Å². The van der Waals surface area contributed by atoms with Crippen LogP contribution in [0.1, 0.15) is 152 Å². The Morgan fingerprint density at radius 1 is 0.445 bits per heavy atom. The van der Waals surface area contributed by atoms with Gasteiger partial charge >= 0.3 is 6.18 Å². The van der Waals surface area contributed by atoms with Crippen LogP contribution in [0.3, 0.4) is 0 Å². The highest BCUT2D eigenvalue weighted by atomic mass is 35.5. The second-order valence-corrected chi connectivity index (χ2v) is 30.3. The lowest BCUT2D eigenvalue weighted by Crippen LogP contribution is -2.54. The Kier molecular flexibility index (Phi) is 38.5. The van der Waals surface area contributed by atoms with Crippen LogP contribution in [0.15, 0.2) is 164 Å². The number of primary amides is 1. The summed E-state index contributed by atoms with van der Waals surface area (Å²) in [5.41, 5.74) is 29.1. The van der Waals surface area contributed by atoms with Crippen LogP contribution < -0.4 is 33.6 Å². The number of nitrogens with one attached hydrogen (secondary N) is 2. The minimum Gasteiger partial charge on any atom is -0.390 e. The predicted octanol–water partition coefficient (Wildman–Crippen LogP) is 12.6. The first-order valence-corrected chi connectivity index (χ1v) is 39.5. The summed E-state index contributed by atoms with van der Waals surface area (Å²) in [4.78, 5) is 96.8. The number of halogens is 11. The summed E-state index contributed by atoms with van der Waals surface area (Å²) in [7, 11) is 0. The molecule has 8 aromatic rings. The lowest BCUT2D eigenvalue weighted by atomic mass is 9.97. The number of carbonyl (C=O) groups is 7. The van der Waals surface area contributed by atoms with Crippen LogP contribution >= 0.6 is 23.2 Å². The maximum atomic E-state index is 14.0. The van der Waals surface area contributed by atoms with Gasteiger partial charge in [0.05, 0.1) is 47.0 Å². The Morgan fingerprint density at radius 2 is 0.824 bits per heavy atom. The number of alkyl halides is 3. The van der Waals surface area contributed by atoms with Crippen molar-refractivity contribution in [3.05, 3.63) is 281 Å². The van der Waals surface area contributed by atoms with Crippen molar-refractivity contribution < 1.29 is 88.4 Å². The first-order chi connectivity index (χ1) is 56.2. The monoisotopic (exact) mass is 1700 g/mol. The molecule has 0 fully saturated rings. The Morgan fingerprint density at radius 3 is 1.19 bits per heavy atom. The van der Waals surface area contributed by atoms with E-state index < -0.39 is 131 Å². The lowest BCUT2D eigenvalue weighted by molar-refractivity contribution is -0.137. The molecule has 20 nitrogen and oxygen atoms in total. The highest BCUT2D eigenvalue weighted by Crippen LogP contribution is 2.30. The van der Waals surface area contributed by atoms with Gasteiger partial charge in [0.15, 0.2) is 0 Å². The van der Waals surface area contributed by atoms with Crippen molar-refractivity contribution in [2.45, 2.75) is 162 Å². The highest BCUT2D eigenvalue weighted by molar-refractivity contribution is 6.42. The molecule has 1 unspecified atom stereocenters. The van der Waals surface area contributed by atoms with Crippen molar-refractivity contribution in [2.24, 2.45) is 28.9 Å². The summed E-state index contributed by atoms with van der Waals surface area (Å²) >= 11 is 11.9. The fraction of sp³-hybridized carbons (Fsp3) is 0.375. The molecule has 0 saturated heterocycles. The van der Waals surface area contributed by atoms with Crippen LogP contribution in [-0.2, 0) is 65.8 Å². The van der Waals surface area contributed by atoms with Crippen molar-refractivity contribution in [1.29, 1.82) is 0 Å². The third-order valence-electron chi connectivity index (χ3n) is 19.1. The van der Waals surface area contributed by atoms with Crippen molar-refractivity contribution in [3.8, 4) is 0 Å². The standard InChI is InChI=1S/C31H44F2N4O4.C29H30F5N3O3.C28H29Cl2F2N3O3/c1-6-8-36(9-7-2)30(40)22-11-20(5)12-23(16-22)31(41)37(27(29(35)39)10-19(3)4)18-28(38)26(34)15-21-13-24(32)17-25(33)14-21;1-2-18-4-3-5-19(10-18)16-37(17-26(38)25(35)13-20-11-23(30)14-24(31)12-20)27(39)15-36-28(40)21-6-8-22(9-7-21)29(32,33)34;1-2-17-4-3-5-18(8-17)15-35(16-26(36)25(33)11-19-9-21(31)13-22(32)10-19)27(37)14-34-28(38)20-6-7-23(29)24(30)12-20/h11-14,16-17,19,26-28,38H,6-10,15,18,34H2,1-5H3,(H2,35,39);3-12,14,25-26,38H,2,13,15-17,35H2,1H3,(H,36,40);3-10,12-13,25-26,36H,2,11,14-16,33H2,1H3,(H,34,38)/t26-,27?,28+;2*25-,26+/m000/s1. The summed E-state index contributed by atoms with van der Waals surface area (Å²) in [5.74, 6) is -8.46. The second-order valence-electron chi connectivity index (χ2n) is 29.5. The van der Waals surface area contributed by atoms with Gasteiger partial charge in [-0.3, -0.25) is 33.6 Å². The average molecular weight is 1700 g/mol. The molecule has 0 aliphatic heterocycles. The van der Waals surface area contributed by atoms with Crippen LogP contribution in [0.25, 0.3) is 0 Å². The molecule has 0 aromatic heterocycles. The molecule has 0 radical (unpaired) electrons. The van der Waals surface area contributed by atoms with Crippen LogP contribution in [0.2, 0.25) is 10.0 Å². The summed E-state index contributed by atoms with van der Waals surface area (Å²) in [6.45, 7) is 13.3. The average Bonchev–Trinajstić information content (AvgIpc) is 0.804. The van der Waals surface area contributed by atoms with E-state index in [1.54, 1.807) is 30.0 Å². The van der Waals surface area contributed by atoms with Gasteiger partial charge in [-0.1, -0.05) is 113 Å². The molecule has 31 heteroatoms. The minimum atomic E-state index is -4.55. The number of nitrogens with zero attached hydrogens (tertiary/aromatic N) is 4. The second kappa shape index (κ2) is 46.9. The van der Waals surface area contributed by atoms with Gasteiger partial charge in [0.1, 0.15) is 40.9 Å². The SMILES string of the molecule is CCCN(CCC)C(=O)c1cc(C)cc(C(=O)N(C[C@@H](O)[C@@H](N)Cc2cc(F)cc(F)c2)C(CC(C)C)C(N)=O)c1.CCc1cccc(CN(C[C@@H](O)[C@@H](N)Cc2cc(F)cc(F)c2)C(=O)CNC(=O)c2ccc(C(F)(F)F)cc2)c1.CCc1cccc(CN(C[C@@H](O)[C@@H](N)Cc2cc(F)cc(F)c2)C(=O)CNC(=O)c2ccc(Cl)c(Cl)c2)c1. The Labute approximate surface area is 697 Å². The van der Waals surface area contributed by atoms with E-state index >= 15 is 0 Å². The van der Waals surface area contributed by atoms with Crippen molar-refractivity contribution >= 4 is 64.6 Å². The first kappa shape index (κ1) is 97.6. The van der Waals surface area contributed by atoms with Gasteiger partial charge in [-0.25, -0.2) is 26.3 Å². The van der Waals surface area contributed by atoms with E-state index in [4.69, 9.17) is 46.1 Å². The quantitative estimate of drug-likeness (QED) is 0.0164. The summed E-state index contributed by atoms with van der Waals surface area (Å²) in [6, 6.07) is 32.8. The molecule has 0 spiro atoms. The molecule has 0 aliphatic rings. The molecular formula is C88H103Cl2F9N10O10. The smallest absolute Gasteiger partial charge is 0.390 e. The fourth-order valence-corrected chi connectivity index (χ4v) is 13.2. The zero-order chi connectivity index (χ0) is 88.1. The zero-order valence-electron chi connectivity index (χ0n) is 67.2. The predicted molar refractivity (Wildman–Crippen MR) is 438 cm³/mol. The van der Waals surface area contributed by atoms with E-state index in [2.05, 4.69) is 10.6 Å². The highest BCUT2D eigenvalue weighted by Gasteiger charge is 2.35. The maximum absolute atomic E-state index is 14.0. The van der Waals surface area contributed by atoms with Gasteiger partial charge in [-0.05, 0) is 206 Å². The number of hydrogen-bond donors (Lipinski definition) is 9. The molecule has 0 saturated carbocycles. The number of aliphatic hydroxyl groups is 3. The Balaban J connectivity index is 0.000000277. The lowest BCUT2D eigenvalue weighted by Gasteiger charge is -2.34. The number of amides is 7. The molecule has 119 heavy (non-hydrogen) atoms. The number of benzene rings is 8. The van der Waals surface area contributed by atoms with Crippen LogP contribution in [0, 0.1) is 47.7 Å². The van der Waals surface area contributed by atoms with Crippen molar-refractivity contribution in [3.63, 3.8) is 0 Å². The van der Waals surface area contributed by atoms with E-state index in [0.717, 1.165) is 127 Å². The van der Waals surface area contributed by atoms with Gasteiger partial charge in [0, 0.05) is 104 Å². The van der Waals surface area contributed by atoms with E-state index in [9.17, 15) is 88.4 Å². The largest absolute Gasteiger partial charge is 0.416 e. The summed E-state index contributed by atoms with van der Waals surface area (Å²) in [5, 5.41) is 38.1. The minimum absolute atomic E-state index is 0.00272. The molecule has 8 rings (SSSR count). The van der Waals surface area contributed by atoms with Gasteiger partial charge in [0.25, 0.3) is 23.6 Å². The fourth-order valence-electron chi connectivity index (χ4n) is 12.9. The maximum Gasteiger partial charge on any atom is 0.416 e.